The average Bonchev–Trinajstić information content (AvgIpc) is 3.08. The minimum atomic E-state index is 0.0690. The maximum atomic E-state index is 12.7. The number of benzene rings is 1. The SMILES string of the molecule is CCNc1ncnc2cc(C(=O)N3CCC(COCC)C3)ccc12. The Morgan fingerprint density at radius 1 is 1.38 bits per heavy atom. The maximum Gasteiger partial charge on any atom is 0.253 e. The van der Waals surface area contributed by atoms with E-state index >= 15 is 0 Å². The van der Waals surface area contributed by atoms with Gasteiger partial charge in [0.15, 0.2) is 0 Å². The van der Waals surface area contributed by atoms with Crippen molar-refractivity contribution in [1.29, 1.82) is 0 Å². The lowest BCUT2D eigenvalue weighted by Gasteiger charge is -2.17. The smallest absolute Gasteiger partial charge is 0.253 e. The molecule has 1 amide bonds. The summed E-state index contributed by atoms with van der Waals surface area (Å²) in [5, 5.41) is 4.16. The van der Waals surface area contributed by atoms with Crippen LogP contribution in [0.15, 0.2) is 24.5 Å². The summed E-state index contributed by atoms with van der Waals surface area (Å²) in [5.41, 5.74) is 1.47. The van der Waals surface area contributed by atoms with E-state index in [-0.39, 0.29) is 5.91 Å². The summed E-state index contributed by atoms with van der Waals surface area (Å²) in [6.45, 7) is 7.83. The molecule has 1 aromatic heterocycles. The van der Waals surface area contributed by atoms with Gasteiger partial charge < -0.3 is 15.0 Å². The molecule has 1 unspecified atom stereocenters. The van der Waals surface area contributed by atoms with E-state index in [1.165, 1.54) is 6.33 Å². The number of nitrogens with one attached hydrogen (secondary N) is 1. The Morgan fingerprint density at radius 2 is 2.25 bits per heavy atom. The number of carbonyl (C=O) groups excluding carboxylic acids is 1. The van der Waals surface area contributed by atoms with E-state index < -0.39 is 0 Å². The van der Waals surface area contributed by atoms with Gasteiger partial charge in [-0.05, 0) is 38.5 Å². The molecule has 0 bridgehead atoms. The second-order valence-electron chi connectivity index (χ2n) is 6.05. The number of likely N-dealkylation sites (tertiary alicyclic amines) is 1. The van der Waals surface area contributed by atoms with Gasteiger partial charge in [-0.2, -0.15) is 0 Å². The number of carbonyl (C=O) groups is 1. The highest BCUT2D eigenvalue weighted by atomic mass is 16.5. The van der Waals surface area contributed by atoms with Gasteiger partial charge in [0.05, 0.1) is 12.1 Å². The van der Waals surface area contributed by atoms with Gasteiger partial charge in [0, 0.05) is 43.1 Å². The molecule has 1 aromatic carbocycles. The average molecular weight is 328 g/mol. The van der Waals surface area contributed by atoms with Crippen molar-refractivity contribution in [3.8, 4) is 0 Å². The Balaban J connectivity index is 1.76. The zero-order valence-electron chi connectivity index (χ0n) is 14.3. The topological polar surface area (TPSA) is 67.4 Å². The van der Waals surface area contributed by atoms with Crippen LogP contribution in [0.25, 0.3) is 10.9 Å². The van der Waals surface area contributed by atoms with Crippen molar-refractivity contribution in [2.75, 3.05) is 38.2 Å². The van der Waals surface area contributed by atoms with E-state index in [1.807, 2.05) is 36.9 Å². The first-order valence-corrected chi connectivity index (χ1v) is 8.58. The van der Waals surface area contributed by atoms with Crippen molar-refractivity contribution in [1.82, 2.24) is 14.9 Å². The molecule has 1 N–H and O–H groups in total. The molecule has 128 valence electrons. The molecular formula is C18H24N4O2. The molecule has 3 rings (SSSR count). The molecule has 0 spiro atoms. The monoisotopic (exact) mass is 328 g/mol. The third-order valence-electron chi connectivity index (χ3n) is 4.36. The van der Waals surface area contributed by atoms with Gasteiger partial charge in [0.25, 0.3) is 5.91 Å². The molecule has 1 aliphatic heterocycles. The highest BCUT2D eigenvalue weighted by Crippen LogP contribution is 2.23. The molecular weight excluding hydrogens is 304 g/mol. The Bertz CT molecular complexity index is 719. The summed E-state index contributed by atoms with van der Waals surface area (Å²) in [6.07, 6.45) is 2.54. The Hall–Kier alpha value is -2.21. The quantitative estimate of drug-likeness (QED) is 0.883. The third-order valence-corrected chi connectivity index (χ3v) is 4.36. The summed E-state index contributed by atoms with van der Waals surface area (Å²) in [7, 11) is 0. The first-order valence-electron chi connectivity index (χ1n) is 8.58. The summed E-state index contributed by atoms with van der Waals surface area (Å²) in [4.78, 5) is 23.2. The zero-order valence-corrected chi connectivity index (χ0v) is 14.3. The fourth-order valence-corrected chi connectivity index (χ4v) is 3.12. The lowest BCUT2D eigenvalue weighted by atomic mass is 10.1. The summed E-state index contributed by atoms with van der Waals surface area (Å²) >= 11 is 0. The van der Waals surface area contributed by atoms with Crippen LogP contribution in [0.4, 0.5) is 5.82 Å². The molecule has 0 saturated carbocycles. The molecule has 6 heteroatoms. The maximum absolute atomic E-state index is 12.7. The number of aromatic nitrogens is 2. The van der Waals surface area contributed by atoms with Crippen LogP contribution in [0.2, 0.25) is 0 Å². The van der Waals surface area contributed by atoms with Crippen molar-refractivity contribution < 1.29 is 9.53 Å². The molecule has 2 aromatic rings. The van der Waals surface area contributed by atoms with Gasteiger partial charge in [0.2, 0.25) is 0 Å². The molecule has 1 saturated heterocycles. The number of anilines is 1. The Morgan fingerprint density at radius 3 is 3.04 bits per heavy atom. The van der Waals surface area contributed by atoms with Crippen LogP contribution < -0.4 is 5.32 Å². The largest absolute Gasteiger partial charge is 0.381 e. The summed E-state index contributed by atoms with van der Waals surface area (Å²) < 4.78 is 5.48. The molecule has 1 aliphatic rings. The van der Waals surface area contributed by atoms with Crippen LogP contribution in [0, 0.1) is 5.92 Å². The summed E-state index contributed by atoms with van der Waals surface area (Å²) in [6, 6.07) is 5.65. The predicted molar refractivity (Wildman–Crippen MR) is 94.2 cm³/mol. The fourth-order valence-electron chi connectivity index (χ4n) is 3.12. The van der Waals surface area contributed by atoms with Crippen LogP contribution in [0.3, 0.4) is 0 Å². The predicted octanol–water partition coefficient (Wildman–Crippen LogP) is 2.56. The van der Waals surface area contributed by atoms with E-state index in [0.717, 1.165) is 56.0 Å². The number of rotatable bonds is 6. The zero-order chi connectivity index (χ0) is 16.9. The first kappa shape index (κ1) is 16.6. The normalized spacial score (nSPS) is 17.4. The summed E-state index contributed by atoms with van der Waals surface area (Å²) in [5.74, 6) is 1.32. The van der Waals surface area contributed by atoms with Gasteiger partial charge in [-0.25, -0.2) is 9.97 Å². The van der Waals surface area contributed by atoms with Crippen molar-refractivity contribution in [2.24, 2.45) is 5.92 Å². The number of fused-ring (bicyclic) bond motifs is 1. The van der Waals surface area contributed by atoms with Gasteiger partial charge in [-0.3, -0.25) is 4.79 Å². The standard InChI is InChI=1S/C18H24N4O2/c1-3-19-17-15-6-5-14(9-16(15)20-12-21-17)18(23)22-8-7-13(10-22)11-24-4-2/h5-6,9,12-13H,3-4,7-8,10-11H2,1-2H3,(H,19,20,21). The number of amides is 1. The van der Waals surface area contributed by atoms with Crippen molar-refractivity contribution in [3.63, 3.8) is 0 Å². The van der Waals surface area contributed by atoms with Crippen molar-refractivity contribution in [2.45, 2.75) is 20.3 Å². The van der Waals surface area contributed by atoms with Gasteiger partial charge in [-0.1, -0.05) is 0 Å². The second-order valence-corrected chi connectivity index (χ2v) is 6.05. The van der Waals surface area contributed by atoms with E-state index in [0.29, 0.717) is 11.5 Å². The molecule has 24 heavy (non-hydrogen) atoms. The van der Waals surface area contributed by atoms with Gasteiger partial charge in [0.1, 0.15) is 12.1 Å². The minimum Gasteiger partial charge on any atom is -0.381 e. The van der Waals surface area contributed by atoms with Crippen molar-refractivity contribution in [3.05, 3.63) is 30.1 Å². The molecule has 1 atom stereocenters. The van der Waals surface area contributed by atoms with Crippen LogP contribution >= 0.6 is 0 Å². The Labute approximate surface area is 142 Å². The number of nitrogens with zero attached hydrogens (tertiary/aromatic N) is 3. The highest BCUT2D eigenvalue weighted by Gasteiger charge is 2.27. The van der Waals surface area contributed by atoms with Crippen LogP contribution in [-0.2, 0) is 4.74 Å². The lowest BCUT2D eigenvalue weighted by molar-refractivity contribution is 0.0763. The third kappa shape index (κ3) is 3.48. The van der Waals surface area contributed by atoms with Crippen LogP contribution in [-0.4, -0.2) is 53.6 Å². The van der Waals surface area contributed by atoms with Crippen molar-refractivity contribution >= 4 is 22.6 Å². The second kappa shape index (κ2) is 7.57. The molecule has 0 aliphatic carbocycles. The fraction of sp³-hybridized carbons (Fsp3) is 0.500. The van der Waals surface area contributed by atoms with E-state index in [4.69, 9.17) is 4.74 Å². The van der Waals surface area contributed by atoms with E-state index in [9.17, 15) is 4.79 Å². The molecule has 1 fully saturated rings. The number of ether oxygens (including phenoxy) is 1. The first-order chi connectivity index (χ1) is 11.7. The van der Waals surface area contributed by atoms with E-state index in [1.54, 1.807) is 0 Å². The van der Waals surface area contributed by atoms with Crippen LogP contribution in [0.5, 0.6) is 0 Å². The molecule has 2 heterocycles. The van der Waals surface area contributed by atoms with Crippen LogP contribution in [0.1, 0.15) is 30.6 Å². The molecule has 0 radical (unpaired) electrons. The number of hydrogen-bond donors (Lipinski definition) is 1. The highest BCUT2D eigenvalue weighted by molar-refractivity contribution is 5.99. The van der Waals surface area contributed by atoms with E-state index in [2.05, 4.69) is 15.3 Å². The lowest BCUT2D eigenvalue weighted by Crippen LogP contribution is -2.29. The Kier molecular flexibility index (Phi) is 5.25. The molecule has 6 nitrogen and oxygen atoms in total. The van der Waals surface area contributed by atoms with Gasteiger partial charge in [-0.15, -0.1) is 0 Å². The van der Waals surface area contributed by atoms with Gasteiger partial charge >= 0.3 is 0 Å². The number of hydrogen-bond acceptors (Lipinski definition) is 5. The minimum absolute atomic E-state index is 0.0690.